The fourth-order valence-corrected chi connectivity index (χ4v) is 2.72. The fourth-order valence-electron chi connectivity index (χ4n) is 1.39. The maximum atomic E-state index is 12.3. The van der Waals surface area contributed by atoms with Crippen LogP contribution in [-0.2, 0) is 14.8 Å². The molecule has 1 aliphatic carbocycles. The highest BCUT2D eigenvalue weighted by Gasteiger charge is 2.34. The molecule has 0 aromatic rings. The van der Waals surface area contributed by atoms with Crippen LogP contribution in [0.25, 0.3) is 0 Å². The number of ether oxygens (including phenoxy) is 1. The molecule has 0 unspecified atom stereocenters. The molecule has 9 heteroatoms. The van der Waals surface area contributed by atoms with Crippen molar-refractivity contribution in [2.75, 3.05) is 7.05 Å². The highest BCUT2D eigenvalue weighted by molar-refractivity contribution is 9.11. The second-order valence-corrected chi connectivity index (χ2v) is 6.32. The van der Waals surface area contributed by atoms with E-state index in [0.717, 1.165) is 7.05 Å². The summed E-state index contributed by atoms with van der Waals surface area (Å²) in [5, 5.41) is 0. The Bertz CT molecular complexity index is 535. The second kappa shape index (κ2) is 6.10. The molecule has 4 nitrogen and oxygen atoms in total. The SMILES string of the molecule is CNS(=O)(=O)/C1=C(\OC(F)(F)F)C/C=C(/Br)C=CC1. The van der Waals surface area contributed by atoms with Crippen LogP contribution in [0.15, 0.2) is 33.4 Å². The molecule has 1 aliphatic rings. The lowest BCUT2D eigenvalue weighted by atomic mass is 10.2. The predicted molar refractivity (Wildman–Crippen MR) is 67.5 cm³/mol. The first-order valence-corrected chi connectivity index (χ1v) is 7.37. The van der Waals surface area contributed by atoms with Gasteiger partial charge >= 0.3 is 6.36 Å². The molecule has 0 atom stereocenters. The molecule has 19 heavy (non-hydrogen) atoms. The van der Waals surface area contributed by atoms with E-state index >= 15 is 0 Å². The Morgan fingerprint density at radius 1 is 1.37 bits per heavy atom. The van der Waals surface area contributed by atoms with Crippen molar-refractivity contribution < 1.29 is 26.3 Å². The maximum Gasteiger partial charge on any atom is 0.572 e. The van der Waals surface area contributed by atoms with Gasteiger partial charge in [0.1, 0.15) is 10.7 Å². The number of hydrogen-bond acceptors (Lipinski definition) is 3. The van der Waals surface area contributed by atoms with E-state index in [1.165, 1.54) is 12.2 Å². The Morgan fingerprint density at radius 3 is 2.53 bits per heavy atom. The van der Waals surface area contributed by atoms with Crippen molar-refractivity contribution in [3.63, 3.8) is 0 Å². The van der Waals surface area contributed by atoms with Gasteiger partial charge < -0.3 is 4.74 Å². The van der Waals surface area contributed by atoms with Crippen LogP contribution in [0.1, 0.15) is 12.8 Å². The van der Waals surface area contributed by atoms with E-state index < -0.39 is 27.0 Å². The normalized spacial score (nSPS) is 24.4. The molecule has 0 saturated heterocycles. The van der Waals surface area contributed by atoms with E-state index in [9.17, 15) is 21.6 Å². The molecule has 1 rings (SSSR count). The third kappa shape index (κ3) is 5.00. The Morgan fingerprint density at radius 2 is 2.00 bits per heavy atom. The van der Waals surface area contributed by atoms with Crippen LogP contribution in [0.4, 0.5) is 13.2 Å². The van der Waals surface area contributed by atoms with Gasteiger partial charge in [0, 0.05) is 17.3 Å². The third-order valence-electron chi connectivity index (χ3n) is 2.21. The number of allylic oxidation sites excluding steroid dienone is 5. The first-order chi connectivity index (χ1) is 8.65. The molecule has 0 radical (unpaired) electrons. The second-order valence-electron chi connectivity index (χ2n) is 3.50. The standard InChI is InChI=1S/C10H11BrF3NO3S/c1-15-19(16,17)9-4-2-3-7(11)5-6-8(9)18-10(12,13)14/h2-3,5,15H,4,6H2,1H3/b3-2?,7-5+,9-8-. The minimum atomic E-state index is -4.94. The summed E-state index contributed by atoms with van der Waals surface area (Å²) in [7, 11) is -2.86. The number of nitrogens with one attached hydrogen (secondary N) is 1. The summed E-state index contributed by atoms with van der Waals surface area (Å²) in [5.41, 5.74) is 0. The first-order valence-electron chi connectivity index (χ1n) is 5.09. The van der Waals surface area contributed by atoms with Crippen LogP contribution in [0.2, 0.25) is 0 Å². The van der Waals surface area contributed by atoms with Gasteiger partial charge in [-0.15, -0.1) is 13.2 Å². The van der Waals surface area contributed by atoms with E-state index in [1.54, 1.807) is 6.08 Å². The van der Waals surface area contributed by atoms with Crippen molar-refractivity contribution in [1.82, 2.24) is 4.72 Å². The van der Waals surface area contributed by atoms with Crippen LogP contribution in [0.5, 0.6) is 0 Å². The quantitative estimate of drug-likeness (QED) is 0.840. The fraction of sp³-hybridized carbons (Fsp3) is 0.400. The van der Waals surface area contributed by atoms with Crippen molar-refractivity contribution in [3.8, 4) is 0 Å². The van der Waals surface area contributed by atoms with Crippen LogP contribution >= 0.6 is 15.9 Å². The van der Waals surface area contributed by atoms with E-state index in [2.05, 4.69) is 20.7 Å². The highest BCUT2D eigenvalue weighted by Crippen LogP contribution is 2.30. The Labute approximate surface area is 117 Å². The van der Waals surface area contributed by atoms with Gasteiger partial charge in [0.15, 0.2) is 0 Å². The molecule has 0 amide bonds. The van der Waals surface area contributed by atoms with Gasteiger partial charge in [0.25, 0.3) is 0 Å². The molecule has 0 aromatic carbocycles. The van der Waals surface area contributed by atoms with E-state index in [0.29, 0.717) is 4.48 Å². The maximum absolute atomic E-state index is 12.3. The topological polar surface area (TPSA) is 55.4 Å². The highest BCUT2D eigenvalue weighted by atomic mass is 79.9. The molecular weight excluding hydrogens is 351 g/mol. The molecule has 0 aliphatic heterocycles. The minimum Gasteiger partial charge on any atom is -0.409 e. The number of halogens is 4. The molecular formula is C10H11BrF3NO3S. The van der Waals surface area contributed by atoms with Gasteiger partial charge in [-0.25, -0.2) is 13.1 Å². The Kier molecular flexibility index (Phi) is 5.22. The lowest BCUT2D eigenvalue weighted by Crippen LogP contribution is -2.24. The average Bonchev–Trinajstić information content (AvgIpc) is 2.26. The van der Waals surface area contributed by atoms with Gasteiger partial charge in [0.2, 0.25) is 10.0 Å². The Balaban J connectivity index is 3.29. The zero-order valence-electron chi connectivity index (χ0n) is 9.79. The number of hydrogen-bond donors (Lipinski definition) is 1. The van der Waals surface area contributed by atoms with Gasteiger partial charge in [0.05, 0.1) is 0 Å². The summed E-state index contributed by atoms with van der Waals surface area (Å²) in [6, 6.07) is 0. The monoisotopic (exact) mass is 361 g/mol. The van der Waals surface area contributed by atoms with Crippen molar-refractivity contribution in [2.45, 2.75) is 19.2 Å². The molecule has 0 aromatic heterocycles. The van der Waals surface area contributed by atoms with E-state index in [1.807, 2.05) is 4.72 Å². The van der Waals surface area contributed by atoms with Gasteiger partial charge in [-0.3, -0.25) is 0 Å². The van der Waals surface area contributed by atoms with Gasteiger partial charge in [-0.05, 0) is 7.05 Å². The molecule has 0 spiro atoms. The third-order valence-corrected chi connectivity index (χ3v) is 4.37. The molecule has 0 saturated carbocycles. The smallest absolute Gasteiger partial charge is 0.409 e. The lowest BCUT2D eigenvalue weighted by molar-refractivity contribution is -0.306. The van der Waals surface area contributed by atoms with Crippen LogP contribution in [0, 0.1) is 0 Å². The summed E-state index contributed by atoms with van der Waals surface area (Å²) < 4.78 is 66.7. The average molecular weight is 362 g/mol. The predicted octanol–water partition coefficient (Wildman–Crippen LogP) is 2.91. The van der Waals surface area contributed by atoms with Crippen molar-refractivity contribution >= 4 is 26.0 Å². The van der Waals surface area contributed by atoms with Crippen molar-refractivity contribution in [2.24, 2.45) is 0 Å². The van der Waals surface area contributed by atoms with Crippen LogP contribution in [-0.4, -0.2) is 21.8 Å². The molecule has 0 fully saturated rings. The molecule has 0 bridgehead atoms. The summed E-state index contributed by atoms with van der Waals surface area (Å²) in [4.78, 5) is -0.431. The summed E-state index contributed by atoms with van der Waals surface area (Å²) >= 11 is 3.12. The lowest BCUT2D eigenvalue weighted by Gasteiger charge is -2.17. The van der Waals surface area contributed by atoms with Crippen molar-refractivity contribution in [1.29, 1.82) is 0 Å². The molecule has 108 valence electrons. The minimum absolute atomic E-state index is 0.183. The zero-order chi connectivity index (χ0) is 14.7. The van der Waals surface area contributed by atoms with Crippen LogP contribution < -0.4 is 4.72 Å². The van der Waals surface area contributed by atoms with Gasteiger partial charge in [-0.2, -0.15) is 0 Å². The largest absolute Gasteiger partial charge is 0.572 e. The molecule has 1 N–H and O–H groups in total. The van der Waals surface area contributed by atoms with Crippen LogP contribution in [0.3, 0.4) is 0 Å². The number of alkyl halides is 3. The number of sulfonamides is 1. The molecule has 0 heterocycles. The summed E-state index contributed by atoms with van der Waals surface area (Å²) in [5.74, 6) is -0.636. The number of rotatable bonds is 3. The zero-order valence-corrected chi connectivity index (χ0v) is 12.2. The van der Waals surface area contributed by atoms with E-state index in [-0.39, 0.29) is 12.8 Å². The Hall–Kier alpha value is -0.800. The van der Waals surface area contributed by atoms with E-state index in [4.69, 9.17) is 0 Å². The first kappa shape index (κ1) is 16.3. The summed E-state index contributed by atoms with van der Waals surface area (Å²) in [6.45, 7) is 0. The van der Waals surface area contributed by atoms with Gasteiger partial charge in [-0.1, -0.05) is 34.2 Å². The van der Waals surface area contributed by atoms with Crippen molar-refractivity contribution in [3.05, 3.63) is 33.4 Å². The summed E-state index contributed by atoms with van der Waals surface area (Å²) in [6.07, 6.45) is -1.01.